The van der Waals surface area contributed by atoms with Gasteiger partial charge in [-0.2, -0.15) is 9.78 Å². The van der Waals surface area contributed by atoms with E-state index in [1.807, 2.05) is 36.4 Å². The van der Waals surface area contributed by atoms with Crippen LogP contribution in [-0.2, 0) is 4.79 Å². The minimum atomic E-state index is -0.474. The number of nitrogens with one attached hydrogen (secondary N) is 1. The first-order valence-electron chi connectivity index (χ1n) is 12.8. The lowest BCUT2D eigenvalue weighted by Crippen LogP contribution is -2.21. The predicted molar refractivity (Wildman–Crippen MR) is 165 cm³/mol. The second kappa shape index (κ2) is 13.0. The lowest BCUT2D eigenvalue weighted by molar-refractivity contribution is -0.118. The van der Waals surface area contributed by atoms with Crippen LogP contribution in [0.2, 0.25) is 5.02 Å². The van der Waals surface area contributed by atoms with Crippen LogP contribution in [0.1, 0.15) is 12.5 Å². The highest BCUT2D eigenvalue weighted by Gasteiger charge is 2.19. The molecule has 0 spiro atoms. The smallest absolute Gasteiger partial charge is 0.282 e. The number of amides is 1. The monoisotopic (exact) mass is 648 g/mol. The zero-order valence-corrected chi connectivity index (χ0v) is 24.5. The summed E-state index contributed by atoms with van der Waals surface area (Å²) >= 11 is 10.1. The van der Waals surface area contributed by atoms with Crippen molar-refractivity contribution in [3.63, 3.8) is 0 Å². The number of halogens is 3. The molecule has 1 N–H and O–H groups in total. The van der Waals surface area contributed by atoms with Crippen molar-refractivity contribution in [2.24, 2.45) is 5.10 Å². The lowest BCUT2D eigenvalue weighted by atomic mass is 10.2. The van der Waals surface area contributed by atoms with Crippen LogP contribution in [0.15, 0.2) is 99.3 Å². The Kier molecular flexibility index (Phi) is 8.94. The molecule has 0 aliphatic rings. The Bertz CT molecular complexity index is 1850. The van der Waals surface area contributed by atoms with Gasteiger partial charge in [-0.1, -0.05) is 54.1 Å². The van der Waals surface area contributed by atoms with Gasteiger partial charge in [0.05, 0.1) is 23.7 Å². The Hall–Kier alpha value is -4.54. The molecule has 0 saturated carbocycles. The number of hydrogen-bond donors (Lipinski definition) is 1. The molecule has 0 saturated heterocycles. The summed E-state index contributed by atoms with van der Waals surface area (Å²) in [6.45, 7) is 1.70. The van der Waals surface area contributed by atoms with Gasteiger partial charge in [-0.15, -0.1) is 0 Å². The van der Waals surface area contributed by atoms with Gasteiger partial charge in [0.1, 0.15) is 10.8 Å². The number of ether oxygens (including phenoxy) is 2. The van der Waals surface area contributed by atoms with E-state index in [1.165, 1.54) is 35.2 Å². The van der Waals surface area contributed by atoms with Crippen molar-refractivity contribution in [2.45, 2.75) is 6.92 Å². The van der Waals surface area contributed by atoms with Gasteiger partial charge >= 0.3 is 0 Å². The number of carbonyl (C=O) groups is 1. The van der Waals surface area contributed by atoms with Crippen LogP contribution in [0.4, 0.5) is 10.1 Å². The highest BCUT2D eigenvalue weighted by atomic mass is 79.9. The first kappa shape index (κ1) is 29.0. The second-order valence-corrected chi connectivity index (χ2v) is 10.0. The number of carbonyl (C=O) groups excluding carboxylic acids is 1. The van der Waals surface area contributed by atoms with E-state index in [1.54, 1.807) is 31.2 Å². The Balaban J connectivity index is 1.48. The highest BCUT2D eigenvalue weighted by Crippen LogP contribution is 2.42. The molecule has 5 rings (SSSR count). The van der Waals surface area contributed by atoms with Gasteiger partial charge in [0, 0.05) is 21.3 Å². The number of hydrogen-bond acceptors (Lipinski definition) is 6. The summed E-state index contributed by atoms with van der Waals surface area (Å²) in [5, 5.41) is 7.69. The topological polar surface area (TPSA) is 94.8 Å². The molecule has 0 fully saturated rings. The van der Waals surface area contributed by atoms with Crippen molar-refractivity contribution in [3.05, 3.63) is 116 Å². The largest absolute Gasteiger partial charge is 0.490 e. The van der Waals surface area contributed by atoms with Gasteiger partial charge in [0.15, 0.2) is 23.9 Å². The fraction of sp³-hybridized carbons (Fsp3) is 0.0968. The van der Waals surface area contributed by atoms with Crippen LogP contribution < -0.4 is 20.3 Å². The quantitative estimate of drug-likeness (QED) is 0.175. The molecule has 11 heteroatoms. The second-order valence-electron chi connectivity index (χ2n) is 8.88. The van der Waals surface area contributed by atoms with Crippen LogP contribution in [0.3, 0.4) is 0 Å². The molecule has 0 aliphatic carbocycles. The van der Waals surface area contributed by atoms with Gasteiger partial charge in [-0.05, 0) is 65.3 Å². The summed E-state index contributed by atoms with van der Waals surface area (Å²) in [5.41, 5.74) is 1.84. The number of anilines is 1. The Labute approximate surface area is 253 Å². The molecule has 5 aromatic rings. The third-order valence-electron chi connectivity index (χ3n) is 6.03. The van der Waals surface area contributed by atoms with Crippen LogP contribution in [0.25, 0.3) is 22.3 Å². The van der Waals surface area contributed by atoms with Crippen LogP contribution in [0.5, 0.6) is 11.5 Å². The SMILES string of the molecule is CCOc1cc(C=Nn2c(-c3ccccc3)nc3ccccc3c2=O)c(Br)c(Cl)c1OCC(=O)Nc1ccc(F)cc1. The van der Waals surface area contributed by atoms with Gasteiger partial charge in [-0.25, -0.2) is 9.37 Å². The van der Waals surface area contributed by atoms with E-state index in [-0.39, 0.29) is 28.7 Å². The zero-order valence-electron chi connectivity index (χ0n) is 22.2. The van der Waals surface area contributed by atoms with Crippen molar-refractivity contribution in [1.29, 1.82) is 0 Å². The normalized spacial score (nSPS) is 11.1. The number of aromatic nitrogens is 2. The van der Waals surface area contributed by atoms with Crippen molar-refractivity contribution in [3.8, 4) is 22.9 Å². The standard InChI is InChI=1S/C31H23BrClFN4O4/c1-2-41-25-16-20(27(32)28(33)29(25)42-18-26(39)36-22-14-12-21(34)13-15-22)17-35-38-30(19-8-4-3-5-9-19)37-24-11-7-6-10-23(24)31(38)40/h3-17H,2,18H2,1H3,(H,36,39). The molecule has 0 radical (unpaired) electrons. The molecule has 0 unspecified atom stereocenters. The Morgan fingerprint density at radius 2 is 1.79 bits per heavy atom. The Morgan fingerprint density at radius 3 is 2.52 bits per heavy atom. The van der Waals surface area contributed by atoms with Gasteiger partial charge in [-0.3, -0.25) is 9.59 Å². The molecule has 42 heavy (non-hydrogen) atoms. The van der Waals surface area contributed by atoms with Crippen LogP contribution in [-0.4, -0.2) is 35.0 Å². The molecule has 0 aliphatic heterocycles. The van der Waals surface area contributed by atoms with Crippen molar-refractivity contribution < 1.29 is 18.7 Å². The molecule has 0 atom stereocenters. The average molecular weight is 650 g/mol. The molecule has 1 aromatic heterocycles. The van der Waals surface area contributed by atoms with E-state index in [4.69, 9.17) is 26.1 Å². The molecule has 1 heterocycles. The maximum Gasteiger partial charge on any atom is 0.282 e. The third-order valence-corrected chi connectivity index (χ3v) is 7.47. The maximum atomic E-state index is 13.5. The van der Waals surface area contributed by atoms with E-state index in [2.05, 4.69) is 26.3 Å². The summed E-state index contributed by atoms with van der Waals surface area (Å²) in [6.07, 6.45) is 1.47. The van der Waals surface area contributed by atoms with Gasteiger partial charge < -0.3 is 14.8 Å². The van der Waals surface area contributed by atoms with E-state index in [9.17, 15) is 14.0 Å². The zero-order chi connectivity index (χ0) is 29.6. The first-order chi connectivity index (χ1) is 20.4. The highest BCUT2D eigenvalue weighted by molar-refractivity contribution is 9.10. The summed E-state index contributed by atoms with van der Waals surface area (Å²) in [6, 6.07) is 23.3. The van der Waals surface area contributed by atoms with E-state index >= 15 is 0 Å². The Morgan fingerprint density at radius 1 is 1.07 bits per heavy atom. The summed E-state index contributed by atoms with van der Waals surface area (Å²) in [7, 11) is 0. The van der Waals surface area contributed by atoms with E-state index in [0.29, 0.717) is 44.6 Å². The number of rotatable bonds is 9. The van der Waals surface area contributed by atoms with Crippen LogP contribution in [0, 0.1) is 5.82 Å². The van der Waals surface area contributed by atoms with Gasteiger partial charge in [0.2, 0.25) is 0 Å². The van der Waals surface area contributed by atoms with Crippen molar-refractivity contribution in [1.82, 2.24) is 9.66 Å². The lowest BCUT2D eigenvalue weighted by Gasteiger charge is -2.16. The summed E-state index contributed by atoms with van der Waals surface area (Å²) in [4.78, 5) is 30.6. The van der Waals surface area contributed by atoms with Crippen LogP contribution >= 0.6 is 27.5 Å². The van der Waals surface area contributed by atoms with Crippen molar-refractivity contribution >= 4 is 56.2 Å². The third kappa shape index (κ3) is 6.35. The number of nitrogens with zero attached hydrogens (tertiary/aromatic N) is 3. The number of para-hydroxylation sites is 1. The minimum absolute atomic E-state index is 0.143. The molecule has 1 amide bonds. The predicted octanol–water partition coefficient (Wildman–Crippen LogP) is 6.92. The first-order valence-corrected chi connectivity index (χ1v) is 14.0. The summed E-state index contributed by atoms with van der Waals surface area (Å²) < 4.78 is 26.3. The molecule has 0 bridgehead atoms. The maximum absolute atomic E-state index is 13.5. The van der Waals surface area contributed by atoms with Crippen molar-refractivity contribution in [2.75, 3.05) is 18.5 Å². The summed E-state index contributed by atoms with van der Waals surface area (Å²) in [5.74, 6) is -0.0994. The fourth-order valence-electron chi connectivity index (χ4n) is 4.09. The minimum Gasteiger partial charge on any atom is -0.490 e. The molecular weight excluding hydrogens is 627 g/mol. The number of benzene rings is 4. The van der Waals surface area contributed by atoms with Gasteiger partial charge in [0.25, 0.3) is 11.5 Å². The molecule has 4 aromatic carbocycles. The average Bonchev–Trinajstić information content (AvgIpc) is 3.00. The molecule has 212 valence electrons. The molecular formula is C31H23BrClFN4O4. The fourth-order valence-corrected chi connectivity index (χ4v) is 4.74. The molecule has 8 nitrogen and oxygen atoms in total. The number of fused-ring (bicyclic) bond motifs is 1. The van der Waals surface area contributed by atoms with E-state index in [0.717, 1.165) is 0 Å². The van der Waals surface area contributed by atoms with E-state index < -0.39 is 11.7 Å².